The van der Waals surface area contributed by atoms with Gasteiger partial charge in [0.25, 0.3) is 5.91 Å². The van der Waals surface area contributed by atoms with Crippen LogP contribution in [0.15, 0.2) is 48.5 Å². The number of hydrogen-bond donors (Lipinski definition) is 1. The van der Waals surface area contributed by atoms with Crippen molar-refractivity contribution in [1.82, 2.24) is 0 Å². The summed E-state index contributed by atoms with van der Waals surface area (Å²) >= 11 is 3.56. The molecule has 1 N–H and O–H groups in total. The third kappa shape index (κ3) is 3.28. The van der Waals surface area contributed by atoms with Gasteiger partial charge < -0.3 is 5.32 Å². The Morgan fingerprint density at radius 1 is 1.15 bits per heavy atom. The Hall–Kier alpha value is -1.61. The van der Waals surface area contributed by atoms with E-state index in [1.807, 2.05) is 55.5 Å². The van der Waals surface area contributed by atoms with Crippen molar-refractivity contribution in [1.29, 1.82) is 0 Å². The van der Waals surface area contributed by atoms with E-state index in [1.54, 1.807) is 0 Å². The Kier molecular flexibility index (Phi) is 4.96. The number of rotatable bonds is 4. The third-order valence-electron chi connectivity index (χ3n) is 3.28. The van der Waals surface area contributed by atoms with Gasteiger partial charge in [0.05, 0.1) is 0 Å². The summed E-state index contributed by atoms with van der Waals surface area (Å²) in [7, 11) is 0. The Balaban J connectivity index is 2.28. The molecule has 2 rings (SSSR count). The minimum Gasteiger partial charge on any atom is -0.322 e. The van der Waals surface area contributed by atoms with Crippen LogP contribution in [0.4, 0.5) is 5.69 Å². The second-order valence-electron chi connectivity index (χ2n) is 4.67. The van der Waals surface area contributed by atoms with Crippen LogP contribution in [-0.2, 0) is 6.42 Å². The van der Waals surface area contributed by atoms with Crippen LogP contribution < -0.4 is 5.32 Å². The first-order valence-electron chi connectivity index (χ1n) is 6.75. The van der Waals surface area contributed by atoms with Gasteiger partial charge in [-0.05, 0) is 36.6 Å². The lowest BCUT2D eigenvalue weighted by Gasteiger charge is -2.14. The number of hydrogen-bond acceptors (Lipinski definition) is 1. The van der Waals surface area contributed by atoms with Gasteiger partial charge in [0.2, 0.25) is 0 Å². The quantitative estimate of drug-likeness (QED) is 0.788. The molecule has 0 aliphatic heterocycles. The van der Waals surface area contributed by atoms with Crippen LogP contribution >= 0.6 is 15.9 Å². The molecule has 0 radical (unpaired) electrons. The predicted molar refractivity (Wildman–Crippen MR) is 87.6 cm³/mol. The number of halogens is 1. The van der Waals surface area contributed by atoms with Crippen molar-refractivity contribution in [2.45, 2.75) is 25.1 Å². The van der Waals surface area contributed by atoms with Gasteiger partial charge in [-0.1, -0.05) is 59.3 Å². The smallest absolute Gasteiger partial charge is 0.255 e. The van der Waals surface area contributed by atoms with Crippen molar-refractivity contribution >= 4 is 27.5 Å². The van der Waals surface area contributed by atoms with E-state index in [4.69, 9.17) is 0 Å². The average molecular weight is 332 g/mol. The molecule has 2 aromatic carbocycles. The molecule has 20 heavy (non-hydrogen) atoms. The number of benzene rings is 2. The van der Waals surface area contributed by atoms with Gasteiger partial charge in [0, 0.05) is 16.1 Å². The fraction of sp³-hybridized carbons (Fsp3) is 0.235. The molecular formula is C17H18BrNO. The standard InChI is InChI=1S/C17H18BrNO/c1-3-13-8-4-5-10-15(13)17(20)19-16-11-7-6-9-14(16)12(2)18/h4-12H,3H2,1-2H3,(H,19,20). The summed E-state index contributed by atoms with van der Waals surface area (Å²) in [6, 6.07) is 15.6. The number of nitrogens with one attached hydrogen (secondary N) is 1. The molecule has 0 saturated heterocycles. The molecule has 0 aromatic heterocycles. The second-order valence-corrected chi connectivity index (χ2v) is 6.04. The van der Waals surface area contributed by atoms with Crippen molar-refractivity contribution in [2.24, 2.45) is 0 Å². The predicted octanol–water partition coefficient (Wildman–Crippen LogP) is 4.96. The van der Waals surface area contributed by atoms with Gasteiger partial charge in [-0.2, -0.15) is 0 Å². The van der Waals surface area contributed by atoms with E-state index >= 15 is 0 Å². The summed E-state index contributed by atoms with van der Waals surface area (Å²) in [4.78, 5) is 12.6. The van der Waals surface area contributed by atoms with E-state index in [9.17, 15) is 4.79 Å². The number of alkyl halides is 1. The first-order chi connectivity index (χ1) is 9.63. The van der Waals surface area contributed by atoms with Crippen LogP contribution in [-0.4, -0.2) is 5.91 Å². The van der Waals surface area contributed by atoms with E-state index in [-0.39, 0.29) is 10.7 Å². The van der Waals surface area contributed by atoms with Crippen LogP contribution in [0.2, 0.25) is 0 Å². The number of aryl methyl sites for hydroxylation is 1. The zero-order valence-electron chi connectivity index (χ0n) is 11.7. The van der Waals surface area contributed by atoms with E-state index in [0.717, 1.165) is 28.8 Å². The monoisotopic (exact) mass is 331 g/mol. The fourth-order valence-electron chi connectivity index (χ4n) is 2.20. The van der Waals surface area contributed by atoms with E-state index in [2.05, 4.69) is 28.2 Å². The summed E-state index contributed by atoms with van der Waals surface area (Å²) in [5.41, 5.74) is 3.74. The zero-order chi connectivity index (χ0) is 14.5. The van der Waals surface area contributed by atoms with Gasteiger partial charge in [-0.15, -0.1) is 0 Å². The highest BCUT2D eigenvalue weighted by molar-refractivity contribution is 9.09. The maximum absolute atomic E-state index is 12.4. The van der Waals surface area contributed by atoms with Crippen molar-refractivity contribution in [2.75, 3.05) is 5.32 Å². The van der Waals surface area contributed by atoms with Crippen LogP contribution in [0.3, 0.4) is 0 Å². The summed E-state index contributed by atoms with van der Waals surface area (Å²) in [5, 5.41) is 3.01. The van der Waals surface area contributed by atoms with Crippen LogP contribution in [0.5, 0.6) is 0 Å². The van der Waals surface area contributed by atoms with E-state index in [0.29, 0.717) is 0 Å². The topological polar surface area (TPSA) is 29.1 Å². The van der Waals surface area contributed by atoms with Gasteiger partial charge in [0.1, 0.15) is 0 Å². The van der Waals surface area contributed by atoms with Gasteiger partial charge in [-0.3, -0.25) is 4.79 Å². The molecular weight excluding hydrogens is 314 g/mol. The number of carbonyl (C=O) groups is 1. The minimum absolute atomic E-state index is 0.0527. The first kappa shape index (κ1) is 14.8. The highest BCUT2D eigenvalue weighted by atomic mass is 79.9. The SMILES string of the molecule is CCc1ccccc1C(=O)Nc1ccccc1C(C)Br. The number of anilines is 1. The second kappa shape index (κ2) is 6.71. The highest BCUT2D eigenvalue weighted by Gasteiger charge is 2.13. The summed E-state index contributed by atoms with van der Waals surface area (Å²) < 4.78 is 0. The lowest BCUT2D eigenvalue weighted by molar-refractivity contribution is 0.102. The van der Waals surface area contributed by atoms with Crippen LogP contribution in [0.25, 0.3) is 0 Å². The van der Waals surface area contributed by atoms with Crippen molar-refractivity contribution in [3.05, 3.63) is 65.2 Å². The molecule has 1 atom stereocenters. The molecule has 104 valence electrons. The van der Waals surface area contributed by atoms with Crippen molar-refractivity contribution in [3.63, 3.8) is 0 Å². The lowest BCUT2D eigenvalue weighted by Crippen LogP contribution is -2.15. The normalized spacial score (nSPS) is 11.9. The lowest BCUT2D eigenvalue weighted by atomic mass is 10.0. The van der Waals surface area contributed by atoms with Gasteiger partial charge in [-0.25, -0.2) is 0 Å². The average Bonchev–Trinajstić information content (AvgIpc) is 2.47. The molecule has 0 aliphatic rings. The first-order valence-corrected chi connectivity index (χ1v) is 7.67. The Morgan fingerprint density at radius 3 is 2.50 bits per heavy atom. The molecule has 0 bridgehead atoms. The maximum atomic E-state index is 12.4. The van der Waals surface area contributed by atoms with Crippen LogP contribution in [0, 0.1) is 0 Å². The van der Waals surface area contributed by atoms with Crippen molar-refractivity contribution < 1.29 is 4.79 Å². The summed E-state index contributed by atoms with van der Waals surface area (Å²) in [6.07, 6.45) is 0.847. The summed E-state index contributed by atoms with van der Waals surface area (Å²) in [6.45, 7) is 4.10. The van der Waals surface area contributed by atoms with E-state index < -0.39 is 0 Å². The fourth-order valence-corrected chi connectivity index (χ4v) is 2.60. The number of amides is 1. The molecule has 0 fully saturated rings. The Morgan fingerprint density at radius 2 is 1.80 bits per heavy atom. The largest absolute Gasteiger partial charge is 0.322 e. The molecule has 0 heterocycles. The molecule has 0 aliphatic carbocycles. The van der Waals surface area contributed by atoms with Crippen LogP contribution in [0.1, 0.15) is 40.2 Å². The summed E-state index contributed by atoms with van der Waals surface area (Å²) in [5.74, 6) is -0.0527. The number of carbonyl (C=O) groups excluding carboxylic acids is 1. The van der Waals surface area contributed by atoms with Crippen molar-refractivity contribution in [3.8, 4) is 0 Å². The zero-order valence-corrected chi connectivity index (χ0v) is 13.3. The molecule has 3 heteroatoms. The molecule has 0 saturated carbocycles. The molecule has 0 spiro atoms. The molecule has 2 aromatic rings. The van der Waals surface area contributed by atoms with Gasteiger partial charge in [0.15, 0.2) is 0 Å². The maximum Gasteiger partial charge on any atom is 0.255 e. The molecule has 1 amide bonds. The third-order valence-corrected chi connectivity index (χ3v) is 3.77. The minimum atomic E-state index is -0.0527. The van der Waals surface area contributed by atoms with E-state index in [1.165, 1.54) is 0 Å². The Labute approximate surface area is 128 Å². The number of para-hydroxylation sites is 1. The van der Waals surface area contributed by atoms with Gasteiger partial charge >= 0.3 is 0 Å². The molecule has 1 unspecified atom stereocenters. The molecule has 2 nitrogen and oxygen atoms in total. The Bertz CT molecular complexity index is 607. The highest BCUT2D eigenvalue weighted by Crippen LogP contribution is 2.29.